The minimum Gasteiger partial charge on any atom is -0.493 e. The van der Waals surface area contributed by atoms with Crippen molar-refractivity contribution in [1.29, 1.82) is 0 Å². The number of hydrogen-bond donors (Lipinski definition) is 1. The van der Waals surface area contributed by atoms with Gasteiger partial charge in [-0.05, 0) is 68.1 Å². The van der Waals surface area contributed by atoms with Crippen LogP contribution in [0.1, 0.15) is 31.7 Å². The van der Waals surface area contributed by atoms with E-state index in [4.69, 9.17) is 14.2 Å². The molecule has 0 radical (unpaired) electrons. The first-order valence-corrected chi connectivity index (χ1v) is 15.9. The molecular weight excluding hydrogens is 614 g/mol. The van der Waals surface area contributed by atoms with Crippen LogP contribution in [-0.4, -0.2) is 51.7 Å². The second-order valence-electron chi connectivity index (χ2n) is 10.9. The highest BCUT2D eigenvalue weighted by Crippen LogP contribution is 2.36. The highest BCUT2D eigenvalue weighted by atomic mass is 32.2. The number of rotatable bonds is 11. The lowest BCUT2D eigenvalue weighted by Crippen LogP contribution is -2.35. The molecular formula is C32H33F4N3O5S. The lowest BCUT2D eigenvalue weighted by Gasteiger charge is -2.30. The van der Waals surface area contributed by atoms with Crippen molar-refractivity contribution in [3.05, 3.63) is 78.1 Å². The second kappa shape index (κ2) is 13.5. The predicted molar refractivity (Wildman–Crippen MR) is 162 cm³/mol. The van der Waals surface area contributed by atoms with Crippen molar-refractivity contribution in [2.75, 3.05) is 38.1 Å². The van der Waals surface area contributed by atoms with E-state index in [1.54, 1.807) is 25.3 Å². The summed E-state index contributed by atoms with van der Waals surface area (Å²) in [6.07, 6.45) is -1.57. The van der Waals surface area contributed by atoms with E-state index >= 15 is 0 Å². The average molecular weight is 648 g/mol. The van der Waals surface area contributed by atoms with Crippen LogP contribution in [0.15, 0.2) is 71.6 Å². The van der Waals surface area contributed by atoms with Crippen LogP contribution in [0.4, 0.5) is 23.2 Å². The van der Waals surface area contributed by atoms with Crippen molar-refractivity contribution < 1.29 is 40.2 Å². The Morgan fingerprint density at radius 3 is 2.56 bits per heavy atom. The van der Waals surface area contributed by atoms with Gasteiger partial charge < -0.3 is 19.1 Å². The fourth-order valence-electron chi connectivity index (χ4n) is 5.31. The second-order valence-corrected chi connectivity index (χ2v) is 12.6. The number of likely N-dealkylation sites (tertiary alicyclic amines) is 1. The minimum atomic E-state index is -4.90. The smallest absolute Gasteiger partial charge is 0.417 e. The van der Waals surface area contributed by atoms with Crippen molar-refractivity contribution in [3.63, 3.8) is 0 Å². The Bertz CT molecular complexity index is 1770. The number of anilines is 1. The Kier molecular flexibility index (Phi) is 9.68. The molecule has 2 heterocycles. The molecule has 0 bridgehead atoms. The largest absolute Gasteiger partial charge is 0.493 e. The highest BCUT2D eigenvalue weighted by molar-refractivity contribution is 7.92. The van der Waals surface area contributed by atoms with Crippen molar-refractivity contribution >= 4 is 26.6 Å². The number of aromatic nitrogens is 1. The number of nitrogens with one attached hydrogen (secondary N) is 1. The van der Waals surface area contributed by atoms with Crippen molar-refractivity contribution in [2.24, 2.45) is 5.92 Å². The normalized spacial score (nSPS) is 16.0. The van der Waals surface area contributed by atoms with Gasteiger partial charge in [0.25, 0.3) is 10.0 Å². The SMILES string of the molecule is COc1cc2ccc(Oc3ccc(NS(=O)(=O)c4ccccc4C(F)(F)F)cc3F)nc2cc1OCCCN1CCCC(C)C1. The van der Waals surface area contributed by atoms with Gasteiger partial charge in [0.15, 0.2) is 23.1 Å². The molecule has 45 heavy (non-hydrogen) atoms. The van der Waals surface area contributed by atoms with E-state index in [2.05, 4.69) is 16.8 Å². The first kappa shape index (κ1) is 32.3. The number of benzene rings is 3. The molecule has 0 spiro atoms. The van der Waals surface area contributed by atoms with Crippen LogP contribution >= 0.6 is 0 Å². The van der Waals surface area contributed by atoms with Gasteiger partial charge >= 0.3 is 6.18 Å². The third-order valence-electron chi connectivity index (χ3n) is 7.45. The lowest BCUT2D eigenvalue weighted by molar-refractivity contribution is -0.139. The van der Waals surface area contributed by atoms with Gasteiger partial charge in [0.05, 0.1) is 35.4 Å². The number of halogens is 4. The van der Waals surface area contributed by atoms with E-state index in [0.29, 0.717) is 35.6 Å². The van der Waals surface area contributed by atoms with E-state index in [1.807, 2.05) is 4.72 Å². The van der Waals surface area contributed by atoms with E-state index in [1.165, 1.54) is 31.0 Å². The number of methoxy groups -OCH3 is 1. The molecule has 1 atom stereocenters. The zero-order valence-corrected chi connectivity index (χ0v) is 25.6. The third-order valence-corrected chi connectivity index (χ3v) is 8.89. The number of pyridine rings is 1. The quantitative estimate of drug-likeness (QED) is 0.133. The van der Waals surface area contributed by atoms with Crippen LogP contribution in [0.5, 0.6) is 23.1 Å². The van der Waals surface area contributed by atoms with E-state index in [-0.39, 0.29) is 17.3 Å². The first-order chi connectivity index (χ1) is 21.4. The summed E-state index contributed by atoms with van der Waals surface area (Å²) >= 11 is 0. The number of piperidine rings is 1. The van der Waals surface area contributed by atoms with E-state index in [9.17, 15) is 26.0 Å². The monoisotopic (exact) mass is 647 g/mol. The number of hydrogen-bond acceptors (Lipinski definition) is 7. The molecule has 1 N–H and O–H groups in total. The maximum absolute atomic E-state index is 15.0. The number of ether oxygens (including phenoxy) is 3. The molecule has 1 aliphatic rings. The topological polar surface area (TPSA) is 90.0 Å². The molecule has 1 unspecified atom stereocenters. The zero-order chi connectivity index (χ0) is 32.2. The molecule has 8 nitrogen and oxygen atoms in total. The van der Waals surface area contributed by atoms with E-state index < -0.39 is 32.5 Å². The van der Waals surface area contributed by atoms with Crippen LogP contribution in [0.2, 0.25) is 0 Å². The van der Waals surface area contributed by atoms with Gasteiger partial charge in [-0.15, -0.1) is 0 Å². The molecule has 0 amide bonds. The molecule has 1 aromatic heterocycles. The summed E-state index contributed by atoms with van der Waals surface area (Å²) < 4.78 is 99.7. The number of sulfonamides is 1. The number of nitrogens with zero attached hydrogens (tertiary/aromatic N) is 2. The van der Waals surface area contributed by atoms with Crippen molar-refractivity contribution in [3.8, 4) is 23.1 Å². The Morgan fingerprint density at radius 2 is 1.82 bits per heavy atom. The predicted octanol–water partition coefficient (Wildman–Crippen LogP) is 7.50. The lowest BCUT2D eigenvalue weighted by atomic mass is 10.0. The average Bonchev–Trinajstić information content (AvgIpc) is 2.99. The highest BCUT2D eigenvalue weighted by Gasteiger charge is 2.37. The van der Waals surface area contributed by atoms with Crippen LogP contribution in [0, 0.1) is 11.7 Å². The molecule has 0 saturated carbocycles. The molecule has 1 aliphatic heterocycles. The number of fused-ring (bicyclic) bond motifs is 1. The summed E-state index contributed by atoms with van der Waals surface area (Å²) in [5, 5.41) is 0.734. The van der Waals surface area contributed by atoms with Gasteiger partial charge in [-0.25, -0.2) is 17.8 Å². The molecule has 1 fully saturated rings. The Labute approximate surface area is 259 Å². The molecule has 13 heteroatoms. The summed E-state index contributed by atoms with van der Waals surface area (Å²) in [5.74, 6) is 0.601. The summed E-state index contributed by atoms with van der Waals surface area (Å²) in [5.41, 5.74) is -1.10. The van der Waals surface area contributed by atoms with Gasteiger partial charge in [0.1, 0.15) is 0 Å². The maximum atomic E-state index is 15.0. The Morgan fingerprint density at radius 1 is 1.02 bits per heavy atom. The standard InChI is InChI=1S/C32H33F4N3O5S/c1-21-7-5-14-39(20-21)15-6-16-43-29-19-26-22(17-28(29)42-2)10-13-31(37-26)44-27-12-11-23(18-25(27)33)38-45(40,41)30-9-4-3-8-24(30)32(34,35)36/h3-4,8-13,17-19,21,38H,5-7,14-16,20H2,1-2H3. The molecule has 0 aliphatic carbocycles. The van der Waals surface area contributed by atoms with Gasteiger partial charge in [-0.1, -0.05) is 19.1 Å². The summed E-state index contributed by atoms with van der Waals surface area (Å²) in [6, 6.07) is 13.6. The van der Waals surface area contributed by atoms with Gasteiger partial charge in [0.2, 0.25) is 5.88 Å². The minimum absolute atomic E-state index is 0.0594. The summed E-state index contributed by atoms with van der Waals surface area (Å²) in [4.78, 5) is 5.94. The summed E-state index contributed by atoms with van der Waals surface area (Å²) in [6.45, 7) is 5.91. The fraction of sp³-hybridized carbons (Fsp3) is 0.344. The molecule has 1 saturated heterocycles. The van der Waals surface area contributed by atoms with Crippen LogP contribution in [0.3, 0.4) is 0 Å². The van der Waals surface area contributed by atoms with Crippen molar-refractivity contribution in [2.45, 2.75) is 37.3 Å². The van der Waals surface area contributed by atoms with Gasteiger partial charge in [-0.3, -0.25) is 4.72 Å². The zero-order valence-electron chi connectivity index (χ0n) is 24.7. The van der Waals surface area contributed by atoms with Crippen molar-refractivity contribution in [1.82, 2.24) is 9.88 Å². The van der Waals surface area contributed by atoms with Crippen LogP contribution in [-0.2, 0) is 16.2 Å². The fourth-order valence-corrected chi connectivity index (χ4v) is 6.58. The Balaban J connectivity index is 1.27. The third kappa shape index (κ3) is 7.95. The maximum Gasteiger partial charge on any atom is 0.417 e. The van der Waals surface area contributed by atoms with Gasteiger partial charge in [-0.2, -0.15) is 13.2 Å². The summed E-state index contributed by atoms with van der Waals surface area (Å²) in [7, 11) is -3.13. The molecule has 240 valence electrons. The van der Waals surface area contributed by atoms with Crippen LogP contribution in [0.25, 0.3) is 10.9 Å². The number of alkyl halides is 3. The molecule has 3 aromatic carbocycles. The molecule has 5 rings (SSSR count). The van der Waals surface area contributed by atoms with Crippen LogP contribution < -0.4 is 18.9 Å². The first-order valence-electron chi connectivity index (χ1n) is 14.4. The van der Waals surface area contributed by atoms with E-state index in [0.717, 1.165) is 55.7 Å². The van der Waals surface area contributed by atoms with Gasteiger partial charge in [0, 0.05) is 36.7 Å². The Hall–Kier alpha value is -4.10. The molecule has 4 aromatic rings.